The molecule has 0 amide bonds. The van der Waals surface area contributed by atoms with E-state index in [1.807, 2.05) is 31.3 Å². The summed E-state index contributed by atoms with van der Waals surface area (Å²) in [5, 5.41) is 11.6. The van der Waals surface area contributed by atoms with Crippen LogP contribution in [0.25, 0.3) is 0 Å². The average Bonchev–Trinajstić information content (AvgIpc) is 2.63. The van der Waals surface area contributed by atoms with Crippen LogP contribution in [-0.2, 0) is 13.6 Å². The van der Waals surface area contributed by atoms with Gasteiger partial charge in [-0.25, -0.2) is 0 Å². The maximum absolute atomic E-state index is 6.00. The zero-order valence-electron chi connectivity index (χ0n) is 8.31. The van der Waals surface area contributed by atoms with Gasteiger partial charge in [0.15, 0.2) is 0 Å². The summed E-state index contributed by atoms with van der Waals surface area (Å²) in [5.74, 6) is 0. The lowest BCUT2D eigenvalue weighted by molar-refractivity contribution is 0.683. The van der Waals surface area contributed by atoms with Crippen LogP contribution >= 0.6 is 11.6 Å². The van der Waals surface area contributed by atoms with E-state index >= 15 is 0 Å². The van der Waals surface area contributed by atoms with E-state index in [4.69, 9.17) is 11.6 Å². The van der Waals surface area contributed by atoms with E-state index in [1.165, 1.54) is 0 Å². The highest BCUT2D eigenvalue weighted by Crippen LogP contribution is 2.20. The Bertz CT molecular complexity index is 452. The number of hydrogen-bond donors (Lipinski definition) is 1. The molecule has 4 nitrogen and oxygen atoms in total. The predicted octanol–water partition coefficient (Wildman–Crippen LogP) is 2.08. The van der Waals surface area contributed by atoms with Crippen molar-refractivity contribution in [3.8, 4) is 0 Å². The zero-order valence-corrected chi connectivity index (χ0v) is 9.07. The van der Waals surface area contributed by atoms with Crippen molar-refractivity contribution in [2.45, 2.75) is 6.54 Å². The molecular formula is C10H11ClN4. The van der Waals surface area contributed by atoms with Crippen molar-refractivity contribution >= 4 is 17.3 Å². The number of hydrogen-bond acceptors (Lipinski definition) is 3. The third-order valence-electron chi connectivity index (χ3n) is 2.14. The largest absolute Gasteiger partial charge is 0.378 e. The van der Waals surface area contributed by atoms with Gasteiger partial charge in [0.25, 0.3) is 0 Å². The minimum atomic E-state index is 0.660. The molecule has 2 rings (SSSR count). The van der Waals surface area contributed by atoms with Crippen LogP contribution in [-0.4, -0.2) is 15.0 Å². The number of aromatic nitrogens is 3. The summed E-state index contributed by atoms with van der Waals surface area (Å²) >= 11 is 6.00. The maximum Gasteiger partial charge on any atom is 0.0774 e. The summed E-state index contributed by atoms with van der Waals surface area (Å²) in [6.45, 7) is 0.660. The van der Waals surface area contributed by atoms with Gasteiger partial charge in [0.2, 0.25) is 0 Å². The van der Waals surface area contributed by atoms with Gasteiger partial charge in [-0.15, -0.1) is 5.10 Å². The molecule has 0 unspecified atom stereocenters. The van der Waals surface area contributed by atoms with Crippen LogP contribution in [0.3, 0.4) is 0 Å². The molecule has 78 valence electrons. The molecule has 0 radical (unpaired) electrons. The molecule has 2 aromatic rings. The molecule has 0 spiro atoms. The number of anilines is 1. The van der Waals surface area contributed by atoms with Gasteiger partial charge in [0, 0.05) is 7.05 Å². The molecule has 0 aliphatic rings. The topological polar surface area (TPSA) is 42.7 Å². The highest BCUT2D eigenvalue weighted by atomic mass is 35.5. The molecule has 0 saturated heterocycles. The lowest BCUT2D eigenvalue weighted by atomic mass is 10.3. The van der Waals surface area contributed by atoms with Gasteiger partial charge in [-0.3, -0.25) is 4.68 Å². The van der Waals surface area contributed by atoms with Gasteiger partial charge in [-0.1, -0.05) is 28.9 Å². The van der Waals surface area contributed by atoms with Gasteiger partial charge in [-0.05, 0) is 12.1 Å². The first kappa shape index (κ1) is 9.98. The van der Waals surface area contributed by atoms with Crippen LogP contribution < -0.4 is 5.32 Å². The standard InChI is InChI=1S/C10H11ClN4/c1-15-8(7-13-14-15)6-12-10-5-3-2-4-9(10)11/h2-5,7,12H,6H2,1H3. The number of aryl methyl sites for hydroxylation is 1. The molecule has 1 aromatic heterocycles. The van der Waals surface area contributed by atoms with Crippen molar-refractivity contribution in [3.63, 3.8) is 0 Å². The van der Waals surface area contributed by atoms with E-state index in [1.54, 1.807) is 10.9 Å². The smallest absolute Gasteiger partial charge is 0.0774 e. The minimum Gasteiger partial charge on any atom is -0.378 e. The Kier molecular flexibility index (Phi) is 2.87. The van der Waals surface area contributed by atoms with Crippen molar-refractivity contribution < 1.29 is 0 Å². The highest BCUT2D eigenvalue weighted by Gasteiger charge is 2.01. The number of halogens is 1. The van der Waals surface area contributed by atoms with Crippen LogP contribution in [0.4, 0.5) is 5.69 Å². The molecular weight excluding hydrogens is 212 g/mol. The second-order valence-electron chi connectivity index (χ2n) is 3.18. The van der Waals surface area contributed by atoms with Crippen molar-refractivity contribution in [3.05, 3.63) is 41.2 Å². The molecule has 0 fully saturated rings. The maximum atomic E-state index is 6.00. The van der Waals surface area contributed by atoms with Gasteiger partial charge in [0.1, 0.15) is 0 Å². The Morgan fingerprint density at radius 2 is 2.20 bits per heavy atom. The molecule has 1 aromatic carbocycles. The Morgan fingerprint density at radius 1 is 1.40 bits per heavy atom. The molecule has 0 saturated carbocycles. The van der Waals surface area contributed by atoms with Crippen LogP contribution in [0.15, 0.2) is 30.5 Å². The molecule has 15 heavy (non-hydrogen) atoms. The molecule has 1 heterocycles. The number of nitrogens with zero attached hydrogens (tertiary/aromatic N) is 3. The van der Waals surface area contributed by atoms with E-state index in [0.29, 0.717) is 11.6 Å². The second-order valence-corrected chi connectivity index (χ2v) is 3.59. The fourth-order valence-corrected chi connectivity index (χ4v) is 1.46. The SMILES string of the molecule is Cn1nncc1CNc1ccccc1Cl. The molecule has 0 atom stereocenters. The first-order valence-corrected chi connectivity index (χ1v) is 4.97. The normalized spacial score (nSPS) is 10.3. The van der Waals surface area contributed by atoms with Crippen molar-refractivity contribution in [2.75, 3.05) is 5.32 Å². The van der Waals surface area contributed by atoms with Crippen LogP contribution in [0.2, 0.25) is 5.02 Å². The van der Waals surface area contributed by atoms with Gasteiger partial charge in [-0.2, -0.15) is 0 Å². The summed E-state index contributed by atoms with van der Waals surface area (Å²) in [4.78, 5) is 0. The Hall–Kier alpha value is -1.55. The quantitative estimate of drug-likeness (QED) is 0.865. The molecule has 0 aliphatic carbocycles. The van der Waals surface area contributed by atoms with E-state index in [2.05, 4.69) is 15.6 Å². The number of para-hydroxylation sites is 1. The molecule has 0 aliphatic heterocycles. The average molecular weight is 223 g/mol. The number of rotatable bonds is 3. The zero-order chi connectivity index (χ0) is 10.7. The predicted molar refractivity (Wildman–Crippen MR) is 59.8 cm³/mol. The Labute approximate surface area is 92.9 Å². The molecule has 5 heteroatoms. The van der Waals surface area contributed by atoms with Crippen molar-refractivity contribution in [2.24, 2.45) is 7.05 Å². The number of nitrogens with one attached hydrogen (secondary N) is 1. The monoisotopic (exact) mass is 222 g/mol. The molecule has 0 bridgehead atoms. The summed E-state index contributed by atoms with van der Waals surface area (Å²) in [7, 11) is 1.86. The van der Waals surface area contributed by atoms with Crippen LogP contribution in [0.5, 0.6) is 0 Å². The van der Waals surface area contributed by atoms with Gasteiger partial charge in [0.05, 0.1) is 29.1 Å². The van der Waals surface area contributed by atoms with Gasteiger partial charge < -0.3 is 5.32 Å². The lowest BCUT2D eigenvalue weighted by Gasteiger charge is -2.07. The summed E-state index contributed by atoms with van der Waals surface area (Å²) in [5.41, 5.74) is 1.93. The first-order chi connectivity index (χ1) is 7.27. The Morgan fingerprint density at radius 3 is 2.87 bits per heavy atom. The first-order valence-electron chi connectivity index (χ1n) is 4.59. The lowest BCUT2D eigenvalue weighted by Crippen LogP contribution is -2.05. The summed E-state index contributed by atoms with van der Waals surface area (Å²) < 4.78 is 1.73. The molecule has 1 N–H and O–H groups in total. The van der Waals surface area contributed by atoms with Crippen LogP contribution in [0, 0.1) is 0 Å². The summed E-state index contributed by atoms with van der Waals surface area (Å²) in [6, 6.07) is 7.63. The fourth-order valence-electron chi connectivity index (χ4n) is 1.26. The van der Waals surface area contributed by atoms with E-state index in [9.17, 15) is 0 Å². The third kappa shape index (κ3) is 2.27. The van der Waals surface area contributed by atoms with E-state index in [-0.39, 0.29) is 0 Å². The second kappa shape index (κ2) is 4.31. The van der Waals surface area contributed by atoms with E-state index < -0.39 is 0 Å². The van der Waals surface area contributed by atoms with Gasteiger partial charge >= 0.3 is 0 Å². The van der Waals surface area contributed by atoms with Crippen molar-refractivity contribution in [1.29, 1.82) is 0 Å². The van der Waals surface area contributed by atoms with E-state index in [0.717, 1.165) is 11.4 Å². The number of benzene rings is 1. The van der Waals surface area contributed by atoms with Crippen molar-refractivity contribution in [1.82, 2.24) is 15.0 Å². The summed E-state index contributed by atoms with van der Waals surface area (Å²) in [6.07, 6.45) is 1.73. The highest BCUT2D eigenvalue weighted by molar-refractivity contribution is 6.33. The van der Waals surface area contributed by atoms with Crippen LogP contribution in [0.1, 0.15) is 5.69 Å². The fraction of sp³-hybridized carbons (Fsp3) is 0.200. The minimum absolute atomic E-state index is 0.660. The Balaban J connectivity index is 2.06. The third-order valence-corrected chi connectivity index (χ3v) is 2.47.